The number of hydrogen-bond acceptors (Lipinski definition) is 4. The number of nitrogens with zero attached hydrogens (tertiary/aromatic N) is 1. The Kier molecular flexibility index (Phi) is 10.3. The zero-order valence-corrected chi connectivity index (χ0v) is 17.4. The summed E-state index contributed by atoms with van der Waals surface area (Å²) in [6.45, 7) is 10.3. The van der Waals surface area contributed by atoms with Gasteiger partial charge in [0.1, 0.15) is 11.4 Å². The Morgan fingerprint density at radius 2 is 1.85 bits per heavy atom. The molecule has 0 spiro atoms. The van der Waals surface area contributed by atoms with Gasteiger partial charge >= 0.3 is 5.97 Å². The molecule has 152 valence electrons. The molecule has 2 N–H and O–H groups in total. The lowest BCUT2D eigenvalue weighted by Crippen LogP contribution is -2.37. The number of benzene rings is 1. The molecule has 0 amide bonds. The fraction of sp³-hybridized carbons (Fsp3) is 0.619. The Labute approximate surface area is 163 Å². The molecule has 0 unspecified atom stereocenters. The fourth-order valence-corrected chi connectivity index (χ4v) is 2.45. The first-order valence-corrected chi connectivity index (χ1v) is 9.71. The third-order valence-corrected chi connectivity index (χ3v) is 3.72. The van der Waals surface area contributed by atoms with Gasteiger partial charge in [-0.15, -0.1) is 0 Å². The molecule has 1 aromatic rings. The summed E-state index contributed by atoms with van der Waals surface area (Å²) < 4.78 is 10.7. The summed E-state index contributed by atoms with van der Waals surface area (Å²) in [4.78, 5) is 15.8. The standard InChI is InChI=1S/C21H35N3O3/c1-6-22-20(23-15-11-7-8-14-19(25)26-5)24-16-17-12-9-10-13-18(17)27-21(2,3)4/h9-10,12-13H,6-8,11,14-16H2,1-5H3,(H2,22,23,24). The molecule has 0 aromatic heterocycles. The second-order valence-electron chi connectivity index (χ2n) is 7.33. The third-order valence-electron chi connectivity index (χ3n) is 3.72. The third kappa shape index (κ3) is 10.5. The number of carbonyl (C=O) groups excluding carboxylic acids is 1. The van der Waals surface area contributed by atoms with Crippen LogP contribution in [0.2, 0.25) is 0 Å². The Morgan fingerprint density at radius 1 is 1.11 bits per heavy atom. The molecule has 0 aliphatic carbocycles. The molecule has 0 saturated heterocycles. The topological polar surface area (TPSA) is 72.0 Å². The number of unbranched alkanes of at least 4 members (excludes halogenated alkanes) is 2. The smallest absolute Gasteiger partial charge is 0.305 e. The predicted molar refractivity (Wildman–Crippen MR) is 110 cm³/mol. The largest absolute Gasteiger partial charge is 0.488 e. The lowest BCUT2D eigenvalue weighted by Gasteiger charge is -2.23. The molecular weight excluding hydrogens is 342 g/mol. The van der Waals surface area contributed by atoms with E-state index >= 15 is 0 Å². The van der Waals surface area contributed by atoms with Gasteiger partial charge in [0.15, 0.2) is 5.96 Å². The SMILES string of the molecule is CCNC(=NCc1ccccc1OC(C)(C)C)NCCCCCC(=O)OC. The molecule has 0 heterocycles. The van der Waals surface area contributed by atoms with Gasteiger partial charge in [-0.2, -0.15) is 0 Å². The van der Waals surface area contributed by atoms with Crippen LogP contribution in [0.15, 0.2) is 29.3 Å². The second kappa shape index (κ2) is 12.2. The number of rotatable bonds is 10. The van der Waals surface area contributed by atoms with Crippen LogP contribution in [-0.2, 0) is 16.1 Å². The minimum Gasteiger partial charge on any atom is -0.488 e. The molecule has 6 nitrogen and oxygen atoms in total. The zero-order chi connectivity index (χ0) is 20.1. The number of aliphatic imine (C=N–C) groups is 1. The molecule has 0 radical (unpaired) electrons. The fourth-order valence-electron chi connectivity index (χ4n) is 2.45. The van der Waals surface area contributed by atoms with Gasteiger partial charge in [-0.05, 0) is 46.6 Å². The highest BCUT2D eigenvalue weighted by molar-refractivity contribution is 5.79. The number of guanidine groups is 1. The van der Waals surface area contributed by atoms with Crippen molar-refractivity contribution in [2.45, 2.75) is 65.5 Å². The Balaban J connectivity index is 2.53. The van der Waals surface area contributed by atoms with Gasteiger partial charge in [-0.3, -0.25) is 4.79 Å². The highest BCUT2D eigenvalue weighted by Gasteiger charge is 2.14. The number of ether oxygens (including phenoxy) is 2. The van der Waals surface area contributed by atoms with Gasteiger partial charge in [-0.25, -0.2) is 4.99 Å². The first-order valence-electron chi connectivity index (χ1n) is 9.71. The number of carbonyl (C=O) groups is 1. The predicted octanol–water partition coefficient (Wildman–Crippen LogP) is 3.65. The van der Waals surface area contributed by atoms with E-state index in [2.05, 4.69) is 20.4 Å². The molecule has 0 aliphatic rings. The normalized spacial score (nSPS) is 11.8. The van der Waals surface area contributed by atoms with Crippen LogP contribution in [0.3, 0.4) is 0 Å². The van der Waals surface area contributed by atoms with E-state index in [0.29, 0.717) is 13.0 Å². The van der Waals surface area contributed by atoms with Crippen molar-refractivity contribution in [3.05, 3.63) is 29.8 Å². The van der Waals surface area contributed by atoms with Gasteiger partial charge in [0.25, 0.3) is 0 Å². The Hall–Kier alpha value is -2.24. The van der Waals surface area contributed by atoms with Crippen molar-refractivity contribution in [1.29, 1.82) is 0 Å². The maximum absolute atomic E-state index is 11.1. The average molecular weight is 378 g/mol. The van der Waals surface area contributed by atoms with Gasteiger partial charge < -0.3 is 20.1 Å². The van der Waals surface area contributed by atoms with Crippen molar-refractivity contribution in [3.8, 4) is 5.75 Å². The zero-order valence-electron chi connectivity index (χ0n) is 17.4. The van der Waals surface area contributed by atoms with E-state index in [9.17, 15) is 4.79 Å². The van der Waals surface area contributed by atoms with E-state index in [1.807, 2.05) is 52.0 Å². The van der Waals surface area contributed by atoms with E-state index in [0.717, 1.165) is 49.6 Å². The minimum atomic E-state index is -0.243. The van der Waals surface area contributed by atoms with Crippen molar-refractivity contribution in [3.63, 3.8) is 0 Å². The highest BCUT2D eigenvalue weighted by Crippen LogP contribution is 2.23. The first kappa shape index (κ1) is 22.8. The lowest BCUT2D eigenvalue weighted by molar-refractivity contribution is -0.140. The Morgan fingerprint density at radius 3 is 2.52 bits per heavy atom. The molecule has 0 atom stereocenters. The maximum Gasteiger partial charge on any atom is 0.305 e. The summed E-state index contributed by atoms with van der Waals surface area (Å²) >= 11 is 0. The van der Waals surface area contributed by atoms with Crippen molar-refractivity contribution in [1.82, 2.24) is 10.6 Å². The maximum atomic E-state index is 11.1. The molecule has 1 aromatic carbocycles. The monoisotopic (exact) mass is 377 g/mol. The van der Waals surface area contributed by atoms with Gasteiger partial charge in [-0.1, -0.05) is 24.6 Å². The van der Waals surface area contributed by atoms with E-state index in [-0.39, 0.29) is 11.6 Å². The van der Waals surface area contributed by atoms with Crippen molar-refractivity contribution in [2.75, 3.05) is 20.2 Å². The van der Waals surface area contributed by atoms with E-state index in [1.165, 1.54) is 7.11 Å². The van der Waals surface area contributed by atoms with Crippen LogP contribution in [0, 0.1) is 0 Å². The first-order chi connectivity index (χ1) is 12.9. The van der Waals surface area contributed by atoms with Crippen LogP contribution < -0.4 is 15.4 Å². The van der Waals surface area contributed by atoms with Gasteiger partial charge in [0.2, 0.25) is 0 Å². The van der Waals surface area contributed by atoms with Crippen LogP contribution >= 0.6 is 0 Å². The number of nitrogens with one attached hydrogen (secondary N) is 2. The molecule has 0 aliphatic heterocycles. The van der Waals surface area contributed by atoms with E-state index < -0.39 is 0 Å². The van der Waals surface area contributed by atoms with E-state index in [4.69, 9.17) is 4.74 Å². The van der Waals surface area contributed by atoms with Crippen molar-refractivity contribution < 1.29 is 14.3 Å². The van der Waals surface area contributed by atoms with Crippen LogP contribution in [0.1, 0.15) is 58.9 Å². The summed E-state index contributed by atoms with van der Waals surface area (Å²) in [7, 11) is 1.42. The molecule has 0 fully saturated rings. The van der Waals surface area contributed by atoms with Gasteiger partial charge in [0, 0.05) is 25.1 Å². The number of methoxy groups -OCH3 is 1. The van der Waals surface area contributed by atoms with Gasteiger partial charge in [0.05, 0.1) is 13.7 Å². The van der Waals surface area contributed by atoms with Crippen LogP contribution in [0.4, 0.5) is 0 Å². The summed E-state index contributed by atoms with van der Waals surface area (Å²) in [6.07, 6.45) is 3.28. The summed E-state index contributed by atoms with van der Waals surface area (Å²) in [6, 6.07) is 8.01. The minimum absolute atomic E-state index is 0.144. The summed E-state index contributed by atoms with van der Waals surface area (Å²) in [5, 5.41) is 6.61. The highest BCUT2D eigenvalue weighted by atomic mass is 16.5. The lowest BCUT2D eigenvalue weighted by atomic mass is 10.1. The Bertz CT molecular complexity index is 595. The van der Waals surface area contributed by atoms with Crippen molar-refractivity contribution in [2.24, 2.45) is 4.99 Å². The molecular formula is C21H35N3O3. The van der Waals surface area contributed by atoms with E-state index in [1.54, 1.807) is 0 Å². The molecule has 0 saturated carbocycles. The van der Waals surface area contributed by atoms with Crippen LogP contribution in [0.5, 0.6) is 5.75 Å². The number of para-hydroxylation sites is 1. The molecule has 1 rings (SSSR count). The number of hydrogen-bond donors (Lipinski definition) is 2. The van der Waals surface area contributed by atoms with Crippen LogP contribution in [-0.4, -0.2) is 37.7 Å². The quantitative estimate of drug-likeness (QED) is 0.282. The number of esters is 1. The van der Waals surface area contributed by atoms with Crippen molar-refractivity contribution >= 4 is 11.9 Å². The van der Waals surface area contributed by atoms with Crippen LogP contribution in [0.25, 0.3) is 0 Å². The average Bonchev–Trinajstić information content (AvgIpc) is 2.61. The summed E-state index contributed by atoms with van der Waals surface area (Å²) in [5.74, 6) is 1.51. The molecule has 6 heteroatoms. The summed E-state index contributed by atoms with van der Waals surface area (Å²) in [5.41, 5.74) is 0.815. The molecule has 0 bridgehead atoms. The second-order valence-corrected chi connectivity index (χ2v) is 7.33. The molecule has 27 heavy (non-hydrogen) atoms.